The Morgan fingerprint density at radius 2 is 1.94 bits per heavy atom. The first-order valence-corrected chi connectivity index (χ1v) is 13.4. The summed E-state index contributed by atoms with van der Waals surface area (Å²) in [5, 5.41) is 14.4. The molecule has 1 heterocycles. The van der Waals surface area contributed by atoms with Crippen LogP contribution in [0.5, 0.6) is 11.5 Å². The summed E-state index contributed by atoms with van der Waals surface area (Å²) >= 11 is 7.45. The largest absolute Gasteiger partial charge is 0.493 e. The number of hydrogen-bond acceptors (Lipinski definition) is 7. The number of halogens is 1. The van der Waals surface area contributed by atoms with Crippen LogP contribution in [0.15, 0.2) is 52.7 Å². The van der Waals surface area contributed by atoms with E-state index < -0.39 is 0 Å². The normalized spacial score (nSPS) is 14.2. The fourth-order valence-electron chi connectivity index (χ4n) is 4.22. The maximum absolute atomic E-state index is 12.5. The first-order valence-electron chi connectivity index (χ1n) is 12.1. The van der Waals surface area contributed by atoms with Gasteiger partial charge in [0.2, 0.25) is 0 Å². The van der Waals surface area contributed by atoms with Crippen molar-refractivity contribution in [3.8, 4) is 22.9 Å². The number of thioether (sulfide) groups is 1. The van der Waals surface area contributed by atoms with Gasteiger partial charge in [-0.25, -0.2) is 5.43 Å². The molecule has 1 aliphatic carbocycles. The summed E-state index contributed by atoms with van der Waals surface area (Å²) in [6.07, 6.45) is 7.33. The fourth-order valence-corrected chi connectivity index (χ4v) is 5.14. The first kappa shape index (κ1) is 26.0. The number of nitrogens with one attached hydrogen (secondary N) is 1. The summed E-state index contributed by atoms with van der Waals surface area (Å²) in [6, 6.07) is 13.4. The summed E-state index contributed by atoms with van der Waals surface area (Å²) in [5.74, 6) is 2.04. The highest BCUT2D eigenvalue weighted by Crippen LogP contribution is 2.35. The quantitative estimate of drug-likeness (QED) is 0.205. The number of aromatic nitrogens is 3. The van der Waals surface area contributed by atoms with E-state index in [0.29, 0.717) is 29.2 Å². The zero-order valence-electron chi connectivity index (χ0n) is 20.4. The molecule has 1 aliphatic rings. The molecule has 0 aliphatic heterocycles. The topological polar surface area (TPSA) is 90.6 Å². The van der Waals surface area contributed by atoms with E-state index in [1.54, 1.807) is 19.4 Å². The van der Waals surface area contributed by atoms with Gasteiger partial charge in [0, 0.05) is 16.6 Å². The third kappa shape index (κ3) is 6.59. The molecular weight excluding hydrogens is 498 g/mol. The highest BCUT2D eigenvalue weighted by atomic mass is 35.5. The lowest BCUT2D eigenvalue weighted by molar-refractivity contribution is -0.118. The van der Waals surface area contributed by atoms with E-state index in [4.69, 9.17) is 21.1 Å². The van der Waals surface area contributed by atoms with E-state index in [1.165, 1.54) is 31.0 Å². The summed E-state index contributed by atoms with van der Waals surface area (Å²) < 4.78 is 13.1. The standard InChI is InChI=1S/C26H30ClN5O3S/c1-3-35-22-14-9-18(15-23(22)34-2)16-28-29-24(33)17-36-26-31-30-25(19-10-12-20(27)13-11-19)32(26)21-7-5-4-6-8-21/h9-16,21H,3-8,17H2,1-2H3,(H,29,33). The predicted molar refractivity (Wildman–Crippen MR) is 143 cm³/mol. The maximum Gasteiger partial charge on any atom is 0.250 e. The van der Waals surface area contributed by atoms with Crippen LogP contribution in [0.3, 0.4) is 0 Å². The van der Waals surface area contributed by atoms with Crippen LogP contribution in [0.1, 0.15) is 50.6 Å². The number of amides is 1. The molecule has 0 saturated heterocycles. The molecule has 0 radical (unpaired) electrons. The average Bonchev–Trinajstić information content (AvgIpc) is 3.33. The van der Waals surface area contributed by atoms with Crippen molar-refractivity contribution in [2.45, 2.75) is 50.2 Å². The molecule has 1 fully saturated rings. The molecule has 10 heteroatoms. The highest BCUT2D eigenvalue weighted by molar-refractivity contribution is 7.99. The number of carbonyl (C=O) groups is 1. The van der Waals surface area contributed by atoms with Crippen molar-refractivity contribution in [1.82, 2.24) is 20.2 Å². The SMILES string of the molecule is CCOc1ccc(C=NNC(=O)CSc2nnc(-c3ccc(Cl)cc3)n2C2CCCCC2)cc1OC. The monoisotopic (exact) mass is 527 g/mol. The van der Waals surface area contributed by atoms with E-state index >= 15 is 0 Å². The molecule has 3 aromatic rings. The van der Waals surface area contributed by atoms with E-state index in [9.17, 15) is 4.79 Å². The van der Waals surface area contributed by atoms with E-state index in [0.717, 1.165) is 34.9 Å². The Labute approximate surface area is 220 Å². The molecule has 0 atom stereocenters. The van der Waals surface area contributed by atoms with Crippen LogP contribution >= 0.6 is 23.4 Å². The predicted octanol–water partition coefficient (Wildman–Crippen LogP) is 5.75. The number of carbonyl (C=O) groups excluding carboxylic acids is 1. The number of rotatable bonds is 10. The van der Waals surface area contributed by atoms with Gasteiger partial charge in [0.05, 0.1) is 25.7 Å². The number of hydrazone groups is 1. The van der Waals surface area contributed by atoms with Crippen molar-refractivity contribution in [2.24, 2.45) is 5.10 Å². The highest BCUT2D eigenvalue weighted by Gasteiger charge is 2.24. The lowest BCUT2D eigenvalue weighted by Gasteiger charge is -2.25. The van der Waals surface area contributed by atoms with Gasteiger partial charge in [-0.3, -0.25) is 9.36 Å². The van der Waals surface area contributed by atoms with Crippen LogP contribution in [-0.2, 0) is 4.79 Å². The van der Waals surface area contributed by atoms with Gasteiger partial charge >= 0.3 is 0 Å². The lowest BCUT2D eigenvalue weighted by Crippen LogP contribution is -2.20. The number of benzene rings is 2. The third-order valence-corrected chi connectivity index (χ3v) is 7.12. The van der Waals surface area contributed by atoms with E-state index in [-0.39, 0.29) is 11.7 Å². The summed E-state index contributed by atoms with van der Waals surface area (Å²) in [5.41, 5.74) is 4.34. The molecule has 190 valence electrons. The van der Waals surface area contributed by atoms with Gasteiger partial charge in [-0.2, -0.15) is 5.10 Å². The van der Waals surface area contributed by atoms with Crippen molar-refractivity contribution >= 4 is 35.5 Å². The van der Waals surface area contributed by atoms with Crippen molar-refractivity contribution in [1.29, 1.82) is 0 Å². The Kier molecular flexibility index (Phi) is 9.24. The van der Waals surface area contributed by atoms with Gasteiger partial charge in [-0.1, -0.05) is 42.6 Å². The molecule has 1 N–H and O–H groups in total. The van der Waals surface area contributed by atoms with Crippen LogP contribution in [0, 0.1) is 0 Å². The Morgan fingerprint density at radius 3 is 2.67 bits per heavy atom. The van der Waals surface area contributed by atoms with Gasteiger partial charge in [0.1, 0.15) is 0 Å². The summed E-state index contributed by atoms with van der Waals surface area (Å²) in [7, 11) is 1.59. The third-order valence-electron chi connectivity index (χ3n) is 5.93. The minimum Gasteiger partial charge on any atom is -0.493 e. The molecule has 1 saturated carbocycles. The summed E-state index contributed by atoms with van der Waals surface area (Å²) in [6.45, 7) is 2.46. The molecule has 0 unspecified atom stereocenters. The minimum absolute atomic E-state index is 0.176. The smallest absolute Gasteiger partial charge is 0.250 e. The number of hydrogen-bond donors (Lipinski definition) is 1. The van der Waals surface area contributed by atoms with Gasteiger partial charge in [-0.05, 0) is 67.8 Å². The molecule has 2 aromatic carbocycles. The molecule has 8 nitrogen and oxygen atoms in total. The Hall–Kier alpha value is -3.04. The van der Waals surface area contributed by atoms with E-state index in [2.05, 4.69) is 25.3 Å². The Bertz CT molecular complexity index is 1190. The lowest BCUT2D eigenvalue weighted by atomic mass is 9.95. The molecular formula is C26H30ClN5O3S. The van der Waals surface area contributed by atoms with Crippen LogP contribution < -0.4 is 14.9 Å². The van der Waals surface area contributed by atoms with Crippen LogP contribution in [0.25, 0.3) is 11.4 Å². The van der Waals surface area contributed by atoms with Crippen LogP contribution in [0.2, 0.25) is 5.02 Å². The second-order valence-corrected chi connectivity index (χ2v) is 9.78. The zero-order valence-corrected chi connectivity index (χ0v) is 22.0. The van der Waals surface area contributed by atoms with Gasteiger partial charge in [0.25, 0.3) is 5.91 Å². The van der Waals surface area contributed by atoms with Gasteiger partial charge in [-0.15, -0.1) is 10.2 Å². The number of methoxy groups -OCH3 is 1. The van der Waals surface area contributed by atoms with Crippen molar-refractivity contribution < 1.29 is 14.3 Å². The molecule has 0 spiro atoms. The van der Waals surface area contributed by atoms with Gasteiger partial charge < -0.3 is 9.47 Å². The first-order chi connectivity index (χ1) is 17.6. The second-order valence-electron chi connectivity index (χ2n) is 8.40. The van der Waals surface area contributed by atoms with Crippen LogP contribution in [0.4, 0.5) is 0 Å². The summed E-state index contributed by atoms with van der Waals surface area (Å²) in [4.78, 5) is 12.5. The molecule has 36 heavy (non-hydrogen) atoms. The Balaban J connectivity index is 1.41. The fraction of sp³-hybridized carbons (Fsp3) is 0.385. The van der Waals surface area contributed by atoms with Crippen LogP contribution in [-0.4, -0.2) is 46.4 Å². The maximum atomic E-state index is 12.5. The van der Waals surface area contributed by atoms with Gasteiger partial charge in [0.15, 0.2) is 22.5 Å². The molecule has 1 aromatic heterocycles. The van der Waals surface area contributed by atoms with Crippen molar-refractivity contribution in [3.05, 3.63) is 53.1 Å². The molecule has 0 bridgehead atoms. The molecule has 4 rings (SSSR count). The average molecular weight is 528 g/mol. The molecule has 1 amide bonds. The Morgan fingerprint density at radius 1 is 1.17 bits per heavy atom. The zero-order chi connectivity index (χ0) is 25.3. The van der Waals surface area contributed by atoms with Crippen molar-refractivity contribution in [3.63, 3.8) is 0 Å². The van der Waals surface area contributed by atoms with E-state index in [1.807, 2.05) is 43.3 Å². The van der Waals surface area contributed by atoms with Crippen molar-refractivity contribution in [2.75, 3.05) is 19.5 Å². The number of ether oxygens (including phenoxy) is 2. The second kappa shape index (κ2) is 12.8. The number of nitrogens with zero attached hydrogens (tertiary/aromatic N) is 4. The minimum atomic E-state index is -0.222.